The first-order chi connectivity index (χ1) is 17.0. The van der Waals surface area contributed by atoms with Gasteiger partial charge in [0.2, 0.25) is 18.3 Å². The maximum atomic E-state index is 14.7. The maximum absolute atomic E-state index is 14.7. The van der Waals surface area contributed by atoms with Gasteiger partial charge in [-0.05, 0) is 52.2 Å². The molecule has 2 aliphatic rings. The highest BCUT2D eigenvalue weighted by molar-refractivity contribution is 5.99. The molecule has 2 N–H and O–H groups in total. The third-order valence-electron chi connectivity index (χ3n) is 6.95. The first-order valence-electron chi connectivity index (χ1n) is 11.8. The minimum Gasteiger partial charge on any atom is -0.356 e. The van der Waals surface area contributed by atoms with Crippen molar-refractivity contribution >= 4 is 28.8 Å². The van der Waals surface area contributed by atoms with Gasteiger partial charge in [-0.15, -0.1) is 5.10 Å². The number of pyridine rings is 1. The number of aliphatic imine (C=N–C) groups is 1. The highest BCUT2D eigenvalue weighted by Gasteiger charge is 2.41. The van der Waals surface area contributed by atoms with Crippen molar-refractivity contribution in [1.82, 2.24) is 24.9 Å². The van der Waals surface area contributed by atoms with Crippen molar-refractivity contribution in [3.63, 3.8) is 0 Å². The number of nitrogens with one attached hydrogen (secondary N) is 2. The van der Waals surface area contributed by atoms with Crippen LogP contribution in [-0.4, -0.2) is 50.2 Å². The average Bonchev–Trinajstić information content (AvgIpc) is 3.24. The van der Waals surface area contributed by atoms with E-state index in [9.17, 15) is 18.0 Å². The Morgan fingerprint density at radius 3 is 2.56 bits per heavy atom. The molecule has 8 nitrogen and oxygen atoms in total. The van der Waals surface area contributed by atoms with Crippen molar-refractivity contribution in [2.75, 3.05) is 12.4 Å². The zero-order chi connectivity index (χ0) is 26.3. The first-order valence-corrected chi connectivity index (χ1v) is 11.8. The molecule has 0 bridgehead atoms. The monoisotopic (exact) mass is 505 g/mol. The molecule has 36 heavy (non-hydrogen) atoms. The fourth-order valence-corrected chi connectivity index (χ4v) is 4.68. The van der Waals surface area contributed by atoms with Crippen molar-refractivity contribution in [3.8, 4) is 11.3 Å². The van der Waals surface area contributed by atoms with Crippen LogP contribution < -0.4 is 10.6 Å². The number of alkyl halides is 2. The number of rotatable bonds is 5. The predicted octanol–water partition coefficient (Wildman–Crippen LogP) is 5.55. The number of carbonyl (C=O) groups is 1. The molecule has 0 aromatic carbocycles. The summed E-state index contributed by atoms with van der Waals surface area (Å²) < 4.78 is 42.3. The Morgan fingerprint density at radius 2 is 2.00 bits per heavy atom. The summed E-state index contributed by atoms with van der Waals surface area (Å²) in [4.78, 5) is 23.6. The Morgan fingerprint density at radius 1 is 1.28 bits per heavy atom. The van der Waals surface area contributed by atoms with Crippen molar-refractivity contribution in [3.05, 3.63) is 36.0 Å². The second kappa shape index (κ2) is 9.51. The molecule has 1 fully saturated rings. The number of anilines is 1. The van der Waals surface area contributed by atoms with E-state index in [1.807, 2.05) is 0 Å². The summed E-state index contributed by atoms with van der Waals surface area (Å²) in [6, 6.07) is 3.32. The lowest BCUT2D eigenvalue weighted by molar-refractivity contribution is -0.121. The fourth-order valence-electron chi connectivity index (χ4n) is 4.68. The lowest BCUT2D eigenvalue weighted by Crippen LogP contribution is -2.50. The lowest BCUT2D eigenvalue weighted by atomic mass is 9.78. The Bertz CT molecular complexity index is 1340. The number of aromatic nitrogens is 4. The van der Waals surface area contributed by atoms with Gasteiger partial charge < -0.3 is 10.6 Å². The number of hydrogen-bond donors (Lipinski definition) is 2. The Kier molecular flexibility index (Phi) is 6.76. The van der Waals surface area contributed by atoms with Gasteiger partial charge in [-0.2, -0.15) is 0 Å². The minimum absolute atomic E-state index is 0. The van der Waals surface area contributed by atoms with Crippen LogP contribution in [0.25, 0.3) is 16.8 Å². The van der Waals surface area contributed by atoms with Crippen LogP contribution in [0, 0.1) is 5.82 Å². The zero-order valence-electron chi connectivity index (χ0n) is 21.0. The van der Waals surface area contributed by atoms with Gasteiger partial charge in [0.05, 0.1) is 46.0 Å². The van der Waals surface area contributed by atoms with Crippen LogP contribution in [0.2, 0.25) is 0 Å². The Labute approximate surface area is 210 Å². The highest BCUT2D eigenvalue weighted by Crippen LogP contribution is 2.44. The van der Waals surface area contributed by atoms with Crippen LogP contribution in [-0.2, 0) is 10.2 Å². The Hall–Kier alpha value is -3.50. The molecule has 11 heteroatoms. The summed E-state index contributed by atoms with van der Waals surface area (Å²) in [6.45, 7) is 7.07. The quantitative estimate of drug-likeness (QED) is 0.474. The fraction of sp³-hybridized carbons (Fsp3) is 0.480. The van der Waals surface area contributed by atoms with Gasteiger partial charge in [0.25, 0.3) is 0 Å². The molecule has 1 aliphatic carbocycles. The molecule has 1 saturated carbocycles. The van der Waals surface area contributed by atoms with Crippen LogP contribution >= 0.6 is 0 Å². The second-order valence-electron chi connectivity index (χ2n) is 9.80. The zero-order valence-corrected chi connectivity index (χ0v) is 21.0. The number of hydrogen-bond acceptors (Lipinski definition) is 6. The lowest BCUT2D eigenvalue weighted by Gasteiger charge is -2.38. The SMILES string of the molecule is CC(=O)NC1(C)CCC1.CNc1ncc2c(-c3ccc4c(n3)C(C)(CC(F)F)C(C)=N4)c(F)cn2n1.[HH].[HH]. The van der Waals surface area contributed by atoms with Gasteiger partial charge in [-0.25, -0.2) is 27.7 Å². The molecular weight excluding hydrogens is 471 g/mol. The van der Waals surface area contributed by atoms with E-state index in [1.165, 1.54) is 23.3 Å². The van der Waals surface area contributed by atoms with Crippen LogP contribution in [0.15, 0.2) is 29.5 Å². The summed E-state index contributed by atoms with van der Waals surface area (Å²) in [5.74, 6) is -0.0760. The first kappa shape index (κ1) is 25.6. The van der Waals surface area contributed by atoms with Crippen molar-refractivity contribution in [2.24, 2.45) is 4.99 Å². The van der Waals surface area contributed by atoms with Gasteiger partial charge >= 0.3 is 0 Å². The molecule has 0 radical (unpaired) electrons. The summed E-state index contributed by atoms with van der Waals surface area (Å²) in [6.07, 6.45) is 3.39. The summed E-state index contributed by atoms with van der Waals surface area (Å²) in [5.41, 5.74) is 1.70. The molecule has 4 heterocycles. The molecule has 1 amide bonds. The smallest absolute Gasteiger partial charge is 0.240 e. The normalized spacial score (nSPS) is 19.8. The molecule has 3 aromatic rings. The number of amides is 1. The van der Waals surface area contributed by atoms with E-state index in [0.29, 0.717) is 34.3 Å². The topological polar surface area (TPSA) is 96.6 Å². The van der Waals surface area contributed by atoms with E-state index in [2.05, 4.69) is 37.6 Å². The molecule has 1 atom stereocenters. The third kappa shape index (κ3) is 4.78. The highest BCUT2D eigenvalue weighted by atomic mass is 19.3. The van der Waals surface area contributed by atoms with Gasteiger partial charge in [-0.3, -0.25) is 9.79 Å². The molecule has 1 aliphatic heterocycles. The number of halogens is 3. The van der Waals surface area contributed by atoms with E-state index in [1.54, 1.807) is 40.0 Å². The average molecular weight is 506 g/mol. The van der Waals surface area contributed by atoms with Crippen LogP contribution in [0.3, 0.4) is 0 Å². The second-order valence-corrected chi connectivity index (χ2v) is 9.80. The van der Waals surface area contributed by atoms with E-state index in [0.717, 1.165) is 12.8 Å². The third-order valence-corrected chi connectivity index (χ3v) is 6.95. The molecule has 1 unspecified atom stereocenters. The molecule has 196 valence electrons. The van der Waals surface area contributed by atoms with E-state index >= 15 is 0 Å². The number of fused-ring (bicyclic) bond motifs is 2. The van der Waals surface area contributed by atoms with Crippen LogP contribution in [0.4, 0.5) is 24.8 Å². The summed E-state index contributed by atoms with van der Waals surface area (Å²) >= 11 is 0. The van der Waals surface area contributed by atoms with Crippen LogP contribution in [0.1, 0.15) is 61.9 Å². The van der Waals surface area contributed by atoms with E-state index in [4.69, 9.17) is 0 Å². The molecule has 0 saturated heterocycles. The van der Waals surface area contributed by atoms with E-state index < -0.39 is 17.7 Å². The molecule has 0 spiro atoms. The molecular formula is C25H34F3N7O. The van der Waals surface area contributed by atoms with Crippen molar-refractivity contribution in [2.45, 2.75) is 70.8 Å². The number of carbonyl (C=O) groups excluding carboxylic acids is 1. The molecule has 5 rings (SSSR count). The standard InChI is InChI=1S/C18H17F3N6.C7H13NO.2H2/c1-9-18(2,6-14(20)21)16-12(24-9)5-4-11(25-16)15-10(19)8-27-13(15)7-23-17(22-3)26-27;1-6(9)8-7(2)4-3-5-7;;/h4-5,7-8,14H,6H2,1-3H3,(H,22,26);3-5H2,1-2H3,(H,8,9);2*1H. The maximum Gasteiger partial charge on any atom is 0.240 e. The Balaban J connectivity index is 0.000000395. The van der Waals surface area contributed by atoms with Crippen molar-refractivity contribution in [1.29, 1.82) is 0 Å². The summed E-state index contributed by atoms with van der Waals surface area (Å²) in [5, 5.41) is 9.86. The van der Waals surface area contributed by atoms with Gasteiger partial charge in [0, 0.05) is 34.5 Å². The predicted molar refractivity (Wildman–Crippen MR) is 137 cm³/mol. The van der Waals surface area contributed by atoms with Gasteiger partial charge in [-0.1, -0.05) is 0 Å². The minimum atomic E-state index is -2.50. The van der Waals surface area contributed by atoms with Gasteiger partial charge in [0.15, 0.2) is 5.82 Å². The number of nitrogens with zero attached hydrogens (tertiary/aromatic N) is 5. The van der Waals surface area contributed by atoms with Gasteiger partial charge in [0.1, 0.15) is 0 Å². The van der Waals surface area contributed by atoms with Crippen LogP contribution in [0.5, 0.6) is 0 Å². The van der Waals surface area contributed by atoms with E-state index in [-0.39, 0.29) is 26.3 Å². The summed E-state index contributed by atoms with van der Waals surface area (Å²) in [7, 11) is 1.66. The largest absolute Gasteiger partial charge is 0.356 e. The molecule has 3 aromatic heterocycles. The van der Waals surface area contributed by atoms with Crippen molar-refractivity contribution < 1.29 is 20.8 Å².